The van der Waals surface area contributed by atoms with Crippen LogP contribution in [0.5, 0.6) is 0 Å². The molecule has 4 heteroatoms. The van der Waals surface area contributed by atoms with Crippen LogP contribution in [-0.2, 0) is 4.79 Å². The Morgan fingerprint density at radius 3 is 2.57 bits per heavy atom. The van der Waals surface area contributed by atoms with E-state index < -0.39 is 0 Å². The van der Waals surface area contributed by atoms with Crippen molar-refractivity contribution in [1.82, 2.24) is 0 Å². The van der Waals surface area contributed by atoms with Gasteiger partial charge in [0, 0.05) is 10.6 Å². The van der Waals surface area contributed by atoms with Gasteiger partial charge in [-0.1, -0.05) is 23.7 Å². The van der Waals surface area contributed by atoms with Crippen LogP contribution in [0.1, 0.15) is 18.5 Å². The molecule has 0 bridgehead atoms. The molecule has 4 N–H and O–H groups in total. The van der Waals surface area contributed by atoms with Gasteiger partial charge >= 0.3 is 0 Å². The fraction of sp³-hybridized carbons (Fsp3) is 0.300. The molecule has 0 saturated carbocycles. The fourth-order valence-electron chi connectivity index (χ4n) is 1.20. The number of nitrogens with two attached hydrogens (primary N) is 2. The third-order valence-corrected chi connectivity index (χ3v) is 2.32. The number of rotatable bonds is 4. The maximum absolute atomic E-state index is 10.6. The minimum atomic E-state index is -0.300. The molecule has 1 aromatic carbocycles. The van der Waals surface area contributed by atoms with Crippen molar-refractivity contribution >= 4 is 17.5 Å². The topological polar surface area (TPSA) is 59.7 Å². The van der Waals surface area contributed by atoms with Crippen molar-refractivity contribution < 1.29 is 10.1 Å². The predicted molar refractivity (Wildman–Crippen MR) is 55.9 cm³/mol. The summed E-state index contributed by atoms with van der Waals surface area (Å²) in [5.41, 5.74) is 6.19. The van der Waals surface area contributed by atoms with Gasteiger partial charge in [-0.05, 0) is 19.1 Å². The van der Waals surface area contributed by atoms with Gasteiger partial charge in [-0.15, -0.1) is 0 Å². The predicted octanol–water partition coefficient (Wildman–Crippen LogP) is 0.450. The Morgan fingerprint density at radius 1 is 1.50 bits per heavy atom. The summed E-state index contributed by atoms with van der Waals surface area (Å²) in [6.07, 6.45) is 0. The Bertz CT molecular complexity index is 310. The van der Waals surface area contributed by atoms with Gasteiger partial charge in [0.2, 0.25) is 0 Å². The van der Waals surface area contributed by atoms with E-state index in [4.69, 9.17) is 17.3 Å². The molecule has 0 aliphatic heterocycles. The minimum absolute atomic E-state index is 0.222. The summed E-state index contributed by atoms with van der Waals surface area (Å²) in [5.74, 6) is -0.300. The third kappa shape index (κ3) is 3.36. The molecular formula is C10H14ClN2O+. The van der Waals surface area contributed by atoms with Crippen LogP contribution in [0.2, 0.25) is 5.02 Å². The van der Waals surface area contributed by atoms with E-state index in [1.807, 2.05) is 36.5 Å². The van der Waals surface area contributed by atoms with E-state index in [9.17, 15) is 4.79 Å². The molecule has 0 heterocycles. The van der Waals surface area contributed by atoms with Gasteiger partial charge in [-0.3, -0.25) is 4.79 Å². The molecule has 0 aliphatic rings. The first kappa shape index (κ1) is 11.0. The molecule has 1 atom stereocenters. The summed E-state index contributed by atoms with van der Waals surface area (Å²) in [6, 6.07) is 7.80. The van der Waals surface area contributed by atoms with Crippen molar-refractivity contribution in [2.24, 2.45) is 5.73 Å². The fourth-order valence-corrected chi connectivity index (χ4v) is 1.32. The number of carbonyl (C=O) groups is 1. The van der Waals surface area contributed by atoms with Crippen LogP contribution in [0.25, 0.3) is 0 Å². The number of amides is 1. The Balaban J connectivity index is 2.56. The number of benzene rings is 1. The third-order valence-electron chi connectivity index (χ3n) is 2.07. The van der Waals surface area contributed by atoms with Gasteiger partial charge in [0.25, 0.3) is 5.91 Å². The van der Waals surface area contributed by atoms with Crippen LogP contribution in [0.4, 0.5) is 0 Å². The van der Waals surface area contributed by atoms with Crippen LogP contribution in [-0.4, -0.2) is 12.5 Å². The first-order valence-electron chi connectivity index (χ1n) is 4.46. The quantitative estimate of drug-likeness (QED) is 0.750. The average Bonchev–Trinajstić information content (AvgIpc) is 2.15. The molecule has 0 unspecified atom stereocenters. The molecule has 0 fully saturated rings. The van der Waals surface area contributed by atoms with Gasteiger partial charge in [0.15, 0.2) is 6.54 Å². The second kappa shape index (κ2) is 4.98. The maximum Gasteiger partial charge on any atom is 0.272 e. The summed E-state index contributed by atoms with van der Waals surface area (Å²) in [7, 11) is 0. The summed E-state index contributed by atoms with van der Waals surface area (Å²) in [6.45, 7) is 2.33. The number of primary amides is 1. The second-order valence-corrected chi connectivity index (χ2v) is 3.68. The number of hydrogen-bond donors (Lipinski definition) is 2. The van der Waals surface area contributed by atoms with E-state index in [1.165, 1.54) is 0 Å². The number of quaternary nitrogens is 1. The normalized spacial score (nSPS) is 12.4. The highest BCUT2D eigenvalue weighted by Crippen LogP contribution is 2.13. The lowest BCUT2D eigenvalue weighted by Gasteiger charge is -2.09. The van der Waals surface area contributed by atoms with Crippen LogP contribution < -0.4 is 11.1 Å². The van der Waals surface area contributed by atoms with Gasteiger partial charge < -0.3 is 11.1 Å². The lowest BCUT2D eigenvalue weighted by Crippen LogP contribution is -2.86. The minimum Gasteiger partial charge on any atom is -0.365 e. The maximum atomic E-state index is 10.6. The highest BCUT2D eigenvalue weighted by Gasteiger charge is 2.08. The van der Waals surface area contributed by atoms with Crippen molar-refractivity contribution in [3.8, 4) is 0 Å². The molecular weight excluding hydrogens is 200 g/mol. The zero-order valence-electron chi connectivity index (χ0n) is 8.03. The standard InChI is InChI=1S/C10H13ClN2O/c1-7(13-6-10(12)14)8-2-4-9(11)5-3-8/h2-5,7,13H,6H2,1H3,(H2,12,14)/p+1/t7-/m1/s1. The zero-order chi connectivity index (χ0) is 10.6. The molecule has 0 spiro atoms. The molecule has 0 aliphatic carbocycles. The van der Waals surface area contributed by atoms with E-state index >= 15 is 0 Å². The number of carbonyl (C=O) groups excluding carboxylic acids is 1. The molecule has 3 nitrogen and oxygen atoms in total. The Morgan fingerprint density at radius 2 is 2.07 bits per heavy atom. The summed E-state index contributed by atoms with van der Waals surface area (Å²) < 4.78 is 0. The summed E-state index contributed by atoms with van der Waals surface area (Å²) in [5, 5.41) is 2.61. The Hall–Kier alpha value is -1.06. The highest BCUT2D eigenvalue weighted by atomic mass is 35.5. The van der Waals surface area contributed by atoms with Crippen LogP contribution in [0, 0.1) is 0 Å². The van der Waals surface area contributed by atoms with Gasteiger partial charge in [-0.2, -0.15) is 0 Å². The SMILES string of the molecule is C[C@@H]([NH2+]CC(N)=O)c1ccc(Cl)cc1. The Labute approximate surface area is 88.2 Å². The van der Waals surface area contributed by atoms with Crippen LogP contribution in [0.3, 0.4) is 0 Å². The van der Waals surface area contributed by atoms with E-state index in [1.54, 1.807) is 0 Å². The van der Waals surface area contributed by atoms with Gasteiger partial charge in [0.1, 0.15) is 6.04 Å². The monoisotopic (exact) mass is 213 g/mol. The molecule has 1 amide bonds. The summed E-state index contributed by atoms with van der Waals surface area (Å²) in [4.78, 5) is 10.6. The number of halogens is 1. The second-order valence-electron chi connectivity index (χ2n) is 3.25. The number of hydrogen-bond acceptors (Lipinski definition) is 1. The van der Waals surface area contributed by atoms with Gasteiger partial charge in [0.05, 0.1) is 0 Å². The average molecular weight is 214 g/mol. The van der Waals surface area contributed by atoms with E-state index in [-0.39, 0.29) is 11.9 Å². The van der Waals surface area contributed by atoms with Crippen LogP contribution in [0.15, 0.2) is 24.3 Å². The molecule has 0 radical (unpaired) electrons. The first-order valence-corrected chi connectivity index (χ1v) is 4.84. The van der Waals surface area contributed by atoms with Crippen molar-refractivity contribution in [2.75, 3.05) is 6.54 Å². The van der Waals surface area contributed by atoms with Crippen molar-refractivity contribution in [2.45, 2.75) is 13.0 Å². The highest BCUT2D eigenvalue weighted by molar-refractivity contribution is 6.30. The molecule has 0 aromatic heterocycles. The lowest BCUT2D eigenvalue weighted by molar-refractivity contribution is -0.682. The smallest absolute Gasteiger partial charge is 0.272 e. The lowest BCUT2D eigenvalue weighted by atomic mass is 10.1. The van der Waals surface area contributed by atoms with Crippen molar-refractivity contribution in [3.63, 3.8) is 0 Å². The Kier molecular flexibility index (Phi) is 3.92. The molecule has 1 rings (SSSR count). The van der Waals surface area contributed by atoms with Crippen molar-refractivity contribution in [3.05, 3.63) is 34.9 Å². The molecule has 14 heavy (non-hydrogen) atoms. The van der Waals surface area contributed by atoms with Gasteiger partial charge in [-0.25, -0.2) is 0 Å². The molecule has 76 valence electrons. The largest absolute Gasteiger partial charge is 0.365 e. The van der Waals surface area contributed by atoms with E-state index in [0.29, 0.717) is 6.54 Å². The van der Waals surface area contributed by atoms with E-state index in [2.05, 4.69) is 0 Å². The van der Waals surface area contributed by atoms with Crippen LogP contribution >= 0.6 is 11.6 Å². The van der Waals surface area contributed by atoms with E-state index in [0.717, 1.165) is 10.6 Å². The van der Waals surface area contributed by atoms with Crippen molar-refractivity contribution in [1.29, 1.82) is 0 Å². The summed E-state index contributed by atoms with van der Waals surface area (Å²) >= 11 is 5.76. The molecule has 1 aromatic rings. The first-order chi connectivity index (χ1) is 6.59. The molecule has 0 saturated heterocycles. The zero-order valence-corrected chi connectivity index (χ0v) is 8.79.